The molecule has 0 bridgehead atoms. The Morgan fingerprint density at radius 1 is 0.963 bits per heavy atom. The van der Waals surface area contributed by atoms with Gasteiger partial charge in [-0.1, -0.05) is 42.5 Å². The lowest BCUT2D eigenvalue weighted by atomic mass is 10.1. The maximum absolute atomic E-state index is 5.22. The predicted octanol–water partition coefficient (Wildman–Crippen LogP) is 3.58. The lowest BCUT2D eigenvalue weighted by Crippen LogP contribution is -2.47. The number of anilines is 1. The number of aromatic nitrogens is 2. The molecule has 0 radical (unpaired) electrons. The summed E-state index contributed by atoms with van der Waals surface area (Å²) in [4.78, 5) is 9.62. The number of piperazine rings is 1. The SMILES string of the molecule is COc1ccc(CCN2CCN(c3nc(-c4ccccc4)ns3)CC2)cc1. The third-order valence-corrected chi connectivity index (χ3v) is 5.74. The second-order valence-corrected chi connectivity index (χ2v) is 7.42. The van der Waals surface area contributed by atoms with Gasteiger partial charge in [0, 0.05) is 49.8 Å². The minimum absolute atomic E-state index is 0.831. The normalized spacial score (nSPS) is 15.1. The number of benzene rings is 2. The van der Waals surface area contributed by atoms with Crippen molar-refractivity contribution in [3.8, 4) is 17.1 Å². The molecular formula is C21H24N4OS. The van der Waals surface area contributed by atoms with E-state index in [1.165, 1.54) is 17.1 Å². The maximum Gasteiger partial charge on any atom is 0.205 e. The van der Waals surface area contributed by atoms with Gasteiger partial charge in [0.1, 0.15) is 5.75 Å². The molecule has 1 fully saturated rings. The van der Waals surface area contributed by atoms with Crippen LogP contribution in [0.3, 0.4) is 0 Å². The van der Waals surface area contributed by atoms with Gasteiger partial charge >= 0.3 is 0 Å². The molecule has 1 aliphatic heterocycles. The number of hydrogen-bond donors (Lipinski definition) is 0. The molecule has 1 aliphatic rings. The Morgan fingerprint density at radius 3 is 2.41 bits per heavy atom. The molecule has 2 aromatic carbocycles. The van der Waals surface area contributed by atoms with Gasteiger partial charge in [-0.15, -0.1) is 0 Å². The summed E-state index contributed by atoms with van der Waals surface area (Å²) in [6.45, 7) is 5.23. The number of rotatable bonds is 6. The van der Waals surface area contributed by atoms with Gasteiger partial charge in [-0.2, -0.15) is 9.36 Å². The Labute approximate surface area is 164 Å². The Kier molecular flexibility index (Phi) is 5.65. The lowest BCUT2D eigenvalue weighted by Gasteiger charge is -2.34. The topological polar surface area (TPSA) is 41.5 Å². The minimum Gasteiger partial charge on any atom is -0.497 e. The van der Waals surface area contributed by atoms with Crippen molar-refractivity contribution in [2.45, 2.75) is 6.42 Å². The van der Waals surface area contributed by atoms with Crippen LogP contribution in [0.4, 0.5) is 5.13 Å². The molecule has 27 heavy (non-hydrogen) atoms. The van der Waals surface area contributed by atoms with Crippen molar-refractivity contribution in [1.82, 2.24) is 14.3 Å². The van der Waals surface area contributed by atoms with Crippen molar-refractivity contribution < 1.29 is 4.74 Å². The van der Waals surface area contributed by atoms with E-state index in [0.717, 1.165) is 61.4 Å². The maximum atomic E-state index is 5.22. The summed E-state index contributed by atoms with van der Waals surface area (Å²) in [6.07, 6.45) is 1.07. The average molecular weight is 381 g/mol. The summed E-state index contributed by atoms with van der Waals surface area (Å²) in [6, 6.07) is 18.6. The van der Waals surface area contributed by atoms with E-state index in [2.05, 4.69) is 38.4 Å². The van der Waals surface area contributed by atoms with Gasteiger partial charge in [0.2, 0.25) is 5.13 Å². The average Bonchev–Trinajstić information content (AvgIpc) is 3.24. The van der Waals surface area contributed by atoms with E-state index in [1.54, 1.807) is 7.11 Å². The van der Waals surface area contributed by atoms with Crippen LogP contribution in [0.5, 0.6) is 5.75 Å². The minimum atomic E-state index is 0.831. The van der Waals surface area contributed by atoms with Crippen molar-refractivity contribution in [2.75, 3.05) is 44.7 Å². The van der Waals surface area contributed by atoms with Crippen LogP contribution >= 0.6 is 11.5 Å². The van der Waals surface area contributed by atoms with Gasteiger partial charge in [0.15, 0.2) is 5.82 Å². The fourth-order valence-corrected chi connectivity index (χ4v) is 4.03. The summed E-state index contributed by atoms with van der Waals surface area (Å²) in [5, 5.41) is 1.03. The Morgan fingerprint density at radius 2 is 1.70 bits per heavy atom. The fourth-order valence-electron chi connectivity index (χ4n) is 3.29. The molecule has 0 unspecified atom stereocenters. The molecule has 2 heterocycles. The first kappa shape index (κ1) is 17.9. The first-order chi connectivity index (χ1) is 13.3. The van der Waals surface area contributed by atoms with Crippen molar-refractivity contribution in [3.05, 3.63) is 60.2 Å². The van der Waals surface area contributed by atoms with Crippen LogP contribution in [0.2, 0.25) is 0 Å². The first-order valence-electron chi connectivity index (χ1n) is 9.31. The zero-order valence-corrected chi connectivity index (χ0v) is 16.4. The summed E-state index contributed by atoms with van der Waals surface area (Å²) in [7, 11) is 1.70. The molecule has 140 valence electrons. The van der Waals surface area contributed by atoms with Gasteiger partial charge in [-0.25, -0.2) is 0 Å². The highest BCUT2D eigenvalue weighted by Gasteiger charge is 2.20. The summed E-state index contributed by atoms with van der Waals surface area (Å²) in [5.41, 5.74) is 2.44. The van der Waals surface area contributed by atoms with E-state index in [4.69, 9.17) is 9.72 Å². The zero-order valence-electron chi connectivity index (χ0n) is 15.5. The molecular weight excluding hydrogens is 356 g/mol. The second-order valence-electron chi connectivity index (χ2n) is 6.69. The molecule has 0 amide bonds. The summed E-state index contributed by atoms with van der Waals surface area (Å²) in [5.74, 6) is 1.75. The van der Waals surface area contributed by atoms with Gasteiger partial charge in [0.25, 0.3) is 0 Å². The Hall–Kier alpha value is -2.44. The predicted molar refractivity (Wildman–Crippen MR) is 111 cm³/mol. The summed E-state index contributed by atoms with van der Waals surface area (Å²) >= 11 is 1.50. The molecule has 5 nitrogen and oxygen atoms in total. The van der Waals surface area contributed by atoms with Crippen LogP contribution in [0.15, 0.2) is 54.6 Å². The highest BCUT2D eigenvalue weighted by molar-refractivity contribution is 7.09. The fraction of sp³-hybridized carbons (Fsp3) is 0.333. The number of methoxy groups -OCH3 is 1. The van der Waals surface area contributed by atoms with E-state index in [0.29, 0.717) is 0 Å². The largest absolute Gasteiger partial charge is 0.497 e. The highest BCUT2D eigenvalue weighted by Crippen LogP contribution is 2.24. The van der Waals surface area contributed by atoms with Crippen molar-refractivity contribution in [3.63, 3.8) is 0 Å². The van der Waals surface area contributed by atoms with Crippen molar-refractivity contribution >= 4 is 16.7 Å². The van der Waals surface area contributed by atoms with Gasteiger partial charge in [0.05, 0.1) is 7.11 Å². The van der Waals surface area contributed by atoms with E-state index in [1.807, 2.05) is 30.3 Å². The molecule has 0 N–H and O–H groups in total. The molecule has 6 heteroatoms. The van der Waals surface area contributed by atoms with Crippen LogP contribution in [0.25, 0.3) is 11.4 Å². The smallest absolute Gasteiger partial charge is 0.205 e. The Bertz CT molecular complexity index is 842. The van der Waals surface area contributed by atoms with Gasteiger partial charge in [-0.3, -0.25) is 4.90 Å². The second kappa shape index (κ2) is 8.50. The van der Waals surface area contributed by atoms with Gasteiger partial charge in [-0.05, 0) is 24.1 Å². The van der Waals surface area contributed by atoms with Crippen LogP contribution in [-0.4, -0.2) is 54.1 Å². The lowest BCUT2D eigenvalue weighted by molar-refractivity contribution is 0.261. The van der Waals surface area contributed by atoms with Gasteiger partial charge < -0.3 is 9.64 Å². The molecule has 0 saturated carbocycles. The van der Waals surface area contributed by atoms with E-state index in [-0.39, 0.29) is 0 Å². The van der Waals surface area contributed by atoms with Crippen LogP contribution < -0.4 is 9.64 Å². The van der Waals surface area contributed by atoms with Crippen molar-refractivity contribution in [1.29, 1.82) is 0 Å². The molecule has 0 aliphatic carbocycles. The first-order valence-corrected chi connectivity index (χ1v) is 10.1. The van der Waals surface area contributed by atoms with E-state index < -0.39 is 0 Å². The molecule has 0 atom stereocenters. The highest BCUT2D eigenvalue weighted by atomic mass is 32.1. The van der Waals surface area contributed by atoms with E-state index >= 15 is 0 Å². The molecule has 0 spiro atoms. The number of hydrogen-bond acceptors (Lipinski definition) is 6. The van der Waals surface area contributed by atoms with Crippen LogP contribution in [0, 0.1) is 0 Å². The monoisotopic (exact) mass is 380 g/mol. The third-order valence-electron chi connectivity index (χ3n) is 4.97. The Balaban J connectivity index is 1.28. The number of ether oxygens (including phenoxy) is 1. The molecule has 1 saturated heterocycles. The zero-order chi connectivity index (χ0) is 18.5. The standard InChI is InChI=1S/C21H24N4OS/c1-26-19-9-7-17(8-10-19)11-12-24-13-15-25(16-14-24)21-22-20(23-27-21)18-5-3-2-4-6-18/h2-10H,11-16H2,1H3. The van der Waals surface area contributed by atoms with E-state index in [9.17, 15) is 0 Å². The number of nitrogens with zero attached hydrogens (tertiary/aromatic N) is 4. The van der Waals surface area contributed by atoms with Crippen molar-refractivity contribution in [2.24, 2.45) is 0 Å². The quantitative estimate of drug-likeness (QED) is 0.654. The third kappa shape index (κ3) is 4.46. The van der Waals surface area contributed by atoms with Crippen LogP contribution in [0.1, 0.15) is 5.56 Å². The molecule has 1 aromatic heterocycles. The van der Waals surface area contributed by atoms with Crippen LogP contribution in [-0.2, 0) is 6.42 Å². The summed E-state index contributed by atoms with van der Waals surface area (Å²) < 4.78 is 9.76. The molecule has 4 rings (SSSR count). The molecule has 3 aromatic rings.